The van der Waals surface area contributed by atoms with Crippen molar-refractivity contribution in [1.29, 1.82) is 10.8 Å². The van der Waals surface area contributed by atoms with E-state index >= 15 is 0 Å². The molecule has 3 aromatic carbocycles. The number of nitrogens with one attached hydrogen (secondary N) is 2. The molecule has 0 radical (unpaired) electrons. The molecule has 3 rings (SSSR count). The maximum absolute atomic E-state index is 8.04. The molecule has 0 bridgehead atoms. The normalized spacial score (nSPS) is 10.5. The molecule has 0 heterocycles. The minimum Gasteiger partial charge on any atom is -0.493 e. The van der Waals surface area contributed by atoms with Crippen LogP contribution in [0.1, 0.15) is 54.5 Å². The second kappa shape index (κ2) is 12.1. The van der Waals surface area contributed by atoms with Gasteiger partial charge in [0, 0.05) is 11.4 Å². The molecule has 0 aliphatic carbocycles. The molecule has 35 heavy (non-hydrogen) atoms. The summed E-state index contributed by atoms with van der Waals surface area (Å²) in [6.07, 6.45) is 1.33. The first-order chi connectivity index (χ1) is 16.9. The van der Waals surface area contributed by atoms with Gasteiger partial charge >= 0.3 is 0 Å². The van der Waals surface area contributed by atoms with Gasteiger partial charge in [0.05, 0.1) is 14.2 Å². The van der Waals surface area contributed by atoms with Crippen molar-refractivity contribution >= 4 is 11.4 Å². The van der Waals surface area contributed by atoms with E-state index in [4.69, 9.17) is 29.8 Å². The highest BCUT2D eigenvalue weighted by molar-refractivity contribution is 5.99. The Morgan fingerprint density at radius 2 is 1.06 bits per heavy atom. The van der Waals surface area contributed by atoms with Gasteiger partial charge in [-0.1, -0.05) is 31.5 Å². The Hall–Kier alpha value is -3.80. The Kier molecular flexibility index (Phi) is 8.90. The van der Waals surface area contributed by atoms with Gasteiger partial charge in [-0.25, -0.2) is 0 Å². The first kappa shape index (κ1) is 25.8. The number of rotatable bonds is 12. The number of methoxy groups -OCH3 is 2. The predicted octanol–water partition coefficient (Wildman–Crippen LogP) is 6.73. The molecule has 3 aromatic rings. The Labute approximate surface area is 207 Å². The van der Waals surface area contributed by atoms with Crippen molar-refractivity contribution in [1.82, 2.24) is 0 Å². The highest BCUT2D eigenvalue weighted by Crippen LogP contribution is 2.31. The van der Waals surface area contributed by atoms with E-state index in [9.17, 15) is 0 Å². The van der Waals surface area contributed by atoms with Gasteiger partial charge in [0.1, 0.15) is 13.2 Å². The minimum atomic E-state index is 0.382. The summed E-state index contributed by atoms with van der Waals surface area (Å²) in [5.41, 5.74) is 5.95. The lowest BCUT2D eigenvalue weighted by molar-refractivity contribution is 0.279. The summed E-state index contributed by atoms with van der Waals surface area (Å²) in [6, 6.07) is 17.4. The van der Waals surface area contributed by atoms with Crippen LogP contribution in [0, 0.1) is 17.7 Å². The lowest BCUT2D eigenvalue weighted by Gasteiger charge is -2.15. The van der Waals surface area contributed by atoms with Crippen LogP contribution >= 0.6 is 0 Å². The smallest absolute Gasteiger partial charge is 0.161 e. The van der Waals surface area contributed by atoms with E-state index in [2.05, 4.69) is 18.2 Å². The summed E-state index contributed by atoms with van der Waals surface area (Å²) in [5.74, 6) is 2.51. The summed E-state index contributed by atoms with van der Waals surface area (Å²) in [4.78, 5) is 0. The fourth-order valence-corrected chi connectivity index (χ4v) is 3.79. The topological polar surface area (TPSA) is 84.6 Å². The maximum atomic E-state index is 8.04. The standard InChI is InChI=1S/C29H34N2O4/c1-6-24(30)22-8-10-26(28(15-22)32-4)34-17-20-12-19(3)13-21(14-20)18-35-27-11-9-23(25(31)7-2)16-29(27)33-5/h8-16,30-31H,6-7,17-18H2,1-5H3. The third-order valence-electron chi connectivity index (χ3n) is 5.72. The Balaban J connectivity index is 1.71. The molecule has 0 aliphatic heterocycles. The molecule has 6 nitrogen and oxygen atoms in total. The van der Waals surface area contributed by atoms with Crippen molar-refractivity contribution < 1.29 is 18.9 Å². The highest BCUT2D eigenvalue weighted by Gasteiger charge is 2.11. The van der Waals surface area contributed by atoms with Gasteiger partial charge in [0.25, 0.3) is 0 Å². The van der Waals surface area contributed by atoms with E-state index in [0.717, 1.165) is 27.8 Å². The number of aryl methyl sites for hydroxylation is 1. The summed E-state index contributed by atoms with van der Waals surface area (Å²) in [6.45, 7) is 6.73. The van der Waals surface area contributed by atoms with Gasteiger partial charge in [0.15, 0.2) is 23.0 Å². The lowest BCUT2D eigenvalue weighted by Crippen LogP contribution is -2.03. The van der Waals surface area contributed by atoms with Gasteiger partial charge in [-0.2, -0.15) is 0 Å². The van der Waals surface area contributed by atoms with Crippen LogP contribution in [-0.4, -0.2) is 25.6 Å². The van der Waals surface area contributed by atoms with Crippen LogP contribution in [0.25, 0.3) is 0 Å². The monoisotopic (exact) mass is 474 g/mol. The molecule has 184 valence electrons. The van der Waals surface area contributed by atoms with Crippen molar-refractivity contribution in [3.8, 4) is 23.0 Å². The average Bonchev–Trinajstić information content (AvgIpc) is 2.89. The molecule has 0 spiro atoms. The minimum absolute atomic E-state index is 0.382. The van der Waals surface area contributed by atoms with Crippen molar-refractivity contribution in [2.24, 2.45) is 0 Å². The van der Waals surface area contributed by atoms with E-state index in [1.165, 1.54) is 0 Å². The molecule has 0 saturated heterocycles. The van der Waals surface area contributed by atoms with E-state index in [0.29, 0.717) is 60.5 Å². The van der Waals surface area contributed by atoms with Gasteiger partial charge in [-0.3, -0.25) is 0 Å². The van der Waals surface area contributed by atoms with Crippen LogP contribution in [0.2, 0.25) is 0 Å². The van der Waals surface area contributed by atoms with Crippen LogP contribution in [-0.2, 0) is 13.2 Å². The molecule has 0 saturated carbocycles. The van der Waals surface area contributed by atoms with Crippen LogP contribution < -0.4 is 18.9 Å². The lowest BCUT2D eigenvalue weighted by atomic mass is 10.1. The zero-order chi connectivity index (χ0) is 25.4. The largest absolute Gasteiger partial charge is 0.493 e. The Bertz CT molecular complexity index is 1110. The average molecular weight is 475 g/mol. The molecule has 0 amide bonds. The van der Waals surface area contributed by atoms with Crippen LogP contribution in [0.5, 0.6) is 23.0 Å². The van der Waals surface area contributed by atoms with E-state index in [-0.39, 0.29) is 0 Å². The van der Waals surface area contributed by atoms with Crippen molar-refractivity contribution in [3.63, 3.8) is 0 Å². The van der Waals surface area contributed by atoms with Crippen molar-refractivity contribution in [2.45, 2.75) is 46.8 Å². The van der Waals surface area contributed by atoms with Crippen molar-refractivity contribution in [2.75, 3.05) is 14.2 Å². The third kappa shape index (κ3) is 6.63. The number of ether oxygens (including phenoxy) is 4. The van der Waals surface area contributed by atoms with E-state index in [1.807, 2.05) is 57.2 Å². The zero-order valence-electron chi connectivity index (χ0n) is 21.2. The molecular formula is C29H34N2O4. The fourth-order valence-electron chi connectivity index (χ4n) is 3.79. The van der Waals surface area contributed by atoms with Gasteiger partial charge in [-0.05, 0) is 84.5 Å². The Morgan fingerprint density at radius 1 is 0.629 bits per heavy atom. The second-order valence-corrected chi connectivity index (χ2v) is 8.30. The molecule has 0 aliphatic rings. The maximum Gasteiger partial charge on any atom is 0.161 e. The molecule has 2 N–H and O–H groups in total. The highest BCUT2D eigenvalue weighted by atomic mass is 16.5. The summed E-state index contributed by atoms with van der Waals surface area (Å²) >= 11 is 0. The van der Waals surface area contributed by atoms with Crippen LogP contribution in [0.3, 0.4) is 0 Å². The quantitative estimate of drug-likeness (QED) is 0.285. The van der Waals surface area contributed by atoms with Crippen LogP contribution in [0.4, 0.5) is 0 Å². The molecule has 0 fully saturated rings. The second-order valence-electron chi connectivity index (χ2n) is 8.30. The summed E-state index contributed by atoms with van der Waals surface area (Å²) in [5, 5.41) is 16.1. The number of hydrogen-bond donors (Lipinski definition) is 2. The van der Waals surface area contributed by atoms with Gasteiger partial charge in [0.2, 0.25) is 0 Å². The van der Waals surface area contributed by atoms with Gasteiger partial charge < -0.3 is 29.8 Å². The Morgan fingerprint density at radius 3 is 1.43 bits per heavy atom. The van der Waals surface area contributed by atoms with E-state index < -0.39 is 0 Å². The number of hydrogen-bond acceptors (Lipinski definition) is 6. The first-order valence-electron chi connectivity index (χ1n) is 11.7. The molecular weight excluding hydrogens is 440 g/mol. The van der Waals surface area contributed by atoms with Crippen molar-refractivity contribution in [3.05, 3.63) is 82.4 Å². The SMILES string of the molecule is CCC(=N)c1ccc(OCc2cc(C)cc(COc3ccc(C(=N)CC)cc3OC)c2)c(OC)c1. The first-order valence-corrected chi connectivity index (χ1v) is 11.7. The summed E-state index contributed by atoms with van der Waals surface area (Å²) in [7, 11) is 3.21. The van der Waals surface area contributed by atoms with E-state index in [1.54, 1.807) is 14.2 Å². The third-order valence-corrected chi connectivity index (χ3v) is 5.72. The van der Waals surface area contributed by atoms with Gasteiger partial charge in [-0.15, -0.1) is 0 Å². The summed E-state index contributed by atoms with van der Waals surface area (Å²) < 4.78 is 23.1. The van der Waals surface area contributed by atoms with Crippen LogP contribution in [0.15, 0.2) is 54.6 Å². The number of benzene rings is 3. The molecule has 0 unspecified atom stereocenters. The fraction of sp³-hybridized carbons (Fsp3) is 0.310. The molecule has 0 aromatic heterocycles. The predicted molar refractivity (Wildman–Crippen MR) is 140 cm³/mol. The molecule has 6 heteroatoms. The zero-order valence-corrected chi connectivity index (χ0v) is 21.2. The molecule has 0 atom stereocenters.